The van der Waals surface area contributed by atoms with Crippen molar-refractivity contribution in [3.05, 3.63) is 29.6 Å². The van der Waals surface area contributed by atoms with Crippen molar-refractivity contribution < 1.29 is 4.79 Å². The third kappa shape index (κ3) is 2.54. The molecule has 6 nitrogen and oxygen atoms in total. The van der Waals surface area contributed by atoms with Gasteiger partial charge in [-0.3, -0.25) is 4.79 Å². The van der Waals surface area contributed by atoms with Crippen molar-refractivity contribution in [2.75, 3.05) is 18.4 Å². The maximum Gasteiger partial charge on any atom is 0.251 e. The van der Waals surface area contributed by atoms with Gasteiger partial charge in [0, 0.05) is 30.1 Å². The lowest BCUT2D eigenvalue weighted by Gasteiger charge is -2.21. The minimum Gasteiger partial charge on any atom is -0.321 e. The topological polar surface area (TPSA) is 71.8 Å². The first-order valence-corrected chi connectivity index (χ1v) is 7.10. The maximum absolute atomic E-state index is 12.2. The number of pyridine rings is 1. The number of anilines is 1. The largest absolute Gasteiger partial charge is 0.321 e. The minimum absolute atomic E-state index is 0.0658. The van der Waals surface area contributed by atoms with Gasteiger partial charge in [0.1, 0.15) is 0 Å². The second kappa shape index (κ2) is 5.29. The molecule has 6 heteroatoms. The lowest BCUT2D eigenvalue weighted by Crippen LogP contribution is -2.36. The quantitative estimate of drug-likeness (QED) is 0.845. The molecule has 110 valence electrons. The molecule has 3 heterocycles. The molecule has 0 spiro atoms. The summed E-state index contributed by atoms with van der Waals surface area (Å²) in [6.07, 6.45) is 3.46. The zero-order chi connectivity index (χ0) is 15.0. The van der Waals surface area contributed by atoms with Crippen LogP contribution in [0.3, 0.4) is 0 Å². The highest BCUT2D eigenvalue weighted by atomic mass is 16.1. The van der Waals surface area contributed by atoms with Crippen molar-refractivity contribution in [1.82, 2.24) is 20.1 Å². The summed E-state index contributed by atoms with van der Waals surface area (Å²) in [5, 5.41) is 11.3. The minimum atomic E-state index is -0.0658. The van der Waals surface area contributed by atoms with Crippen LogP contribution in [-0.2, 0) is 4.79 Å². The van der Waals surface area contributed by atoms with Crippen molar-refractivity contribution in [2.24, 2.45) is 0 Å². The van der Waals surface area contributed by atoms with Crippen molar-refractivity contribution in [1.29, 1.82) is 0 Å². The van der Waals surface area contributed by atoms with E-state index in [4.69, 9.17) is 0 Å². The van der Waals surface area contributed by atoms with E-state index in [0.717, 1.165) is 35.3 Å². The average Bonchev–Trinajstić information content (AvgIpc) is 2.79. The van der Waals surface area contributed by atoms with Gasteiger partial charge in [-0.25, -0.2) is 9.67 Å². The van der Waals surface area contributed by atoms with Gasteiger partial charge >= 0.3 is 0 Å². The normalized spacial score (nSPS) is 14.4. The second-order valence-electron chi connectivity index (χ2n) is 5.61. The molecule has 1 fully saturated rings. The average molecular weight is 285 g/mol. The second-order valence-corrected chi connectivity index (χ2v) is 5.61. The van der Waals surface area contributed by atoms with Gasteiger partial charge in [0.05, 0.1) is 18.1 Å². The molecule has 0 bridgehead atoms. The fraction of sp³-hybridized carbons (Fsp3) is 0.400. The Morgan fingerprint density at radius 1 is 1.38 bits per heavy atom. The number of hydrogen-bond donors (Lipinski definition) is 2. The molecular weight excluding hydrogens is 266 g/mol. The summed E-state index contributed by atoms with van der Waals surface area (Å²) in [4.78, 5) is 16.6. The molecule has 3 rings (SSSR count). The van der Waals surface area contributed by atoms with Crippen LogP contribution < -0.4 is 10.6 Å². The standard InChI is InChI=1S/C15H19N5O/c1-9(2)20-14-11(7-18-20)4-13(8-17-14)19-15(21)10(3)12-5-16-6-12/h4,7-9,16H,5-6H2,1-3H3,(H,19,21). The Morgan fingerprint density at radius 2 is 2.14 bits per heavy atom. The molecule has 0 unspecified atom stereocenters. The molecule has 0 radical (unpaired) electrons. The monoisotopic (exact) mass is 285 g/mol. The van der Waals surface area contributed by atoms with E-state index in [1.54, 1.807) is 12.4 Å². The Kier molecular flexibility index (Phi) is 3.47. The zero-order valence-corrected chi connectivity index (χ0v) is 12.5. The predicted octanol–water partition coefficient (Wildman–Crippen LogP) is 1.87. The van der Waals surface area contributed by atoms with E-state index in [1.165, 1.54) is 0 Å². The first-order chi connectivity index (χ1) is 10.1. The van der Waals surface area contributed by atoms with Gasteiger partial charge in [0.15, 0.2) is 5.65 Å². The highest BCUT2D eigenvalue weighted by molar-refractivity contribution is 6.04. The van der Waals surface area contributed by atoms with Crippen molar-refractivity contribution in [3.8, 4) is 0 Å². The van der Waals surface area contributed by atoms with E-state index in [0.29, 0.717) is 5.69 Å². The van der Waals surface area contributed by atoms with Crippen molar-refractivity contribution >= 4 is 22.6 Å². The zero-order valence-electron chi connectivity index (χ0n) is 12.5. The summed E-state index contributed by atoms with van der Waals surface area (Å²) in [6.45, 7) is 7.58. The highest BCUT2D eigenvalue weighted by Gasteiger charge is 2.16. The van der Waals surface area contributed by atoms with Gasteiger partial charge in [-0.05, 0) is 32.4 Å². The van der Waals surface area contributed by atoms with Crippen LogP contribution in [0.15, 0.2) is 29.6 Å². The van der Waals surface area contributed by atoms with Crippen LogP contribution >= 0.6 is 0 Å². The van der Waals surface area contributed by atoms with Crippen LogP contribution in [0.4, 0.5) is 5.69 Å². The molecule has 0 aliphatic carbocycles. The van der Waals surface area contributed by atoms with Gasteiger partial charge in [-0.15, -0.1) is 0 Å². The molecular formula is C15H19N5O. The number of fused-ring (bicyclic) bond motifs is 1. The number of nitrogens with one attached hydrogen (secondary N) is 2. The van der Waals surface area contributed by atoms with Crippen LogP contribution in [0.5, 0.6) is 0 Å². The Bertz CT molecular complexity index is 723. The predicted molar refractivity (Wildman–Crippen MR) is 82.1 cm³/mol. The van der Waals surface area contributed by atoms with Crippen LogP contribution in [0, 0.1) is 0 Å². The van der Waals surface area contributed by atoms with Crippen LogP contribution in [0.25, 0.3) is 11.0 Å². The Balaban J connectivity index is 1.83. The molecule has 1 aliphatic heterocycles. The SMILES string of the molecule is CC(C(=O)Nc1cnc2c(cnn2C(C)C)c1)=C1CNC1. The van der Waals surface area contributed by atoms with E-state index in [2.05, 4.69) is 34.6 Å². The molecule has 2 N–H and O–H groups in total. The Labute approximate surface area is 123 Å². The smallest absolute Gasteiger partial charge is 0.251 e. The number of aromatic nitrogens is 3. The van der Waals surface area contributed by atoms with E-state index in [9.17, 15) is 4.79 Å². The summed E-state index contributed by atoms with van der Waals surface area (Å²) in [7, 11) is 0. The molecule has 2 aromatic rings. The number of nitrogens with zero attached hydrogens (tertiary/aromatic N) is 3. The van der Waals surface area contributed by atoms with Crippen LogP contribution in [-0.4, -0.2) is 33.8 Å². The maximum atomic E-state index is 12.2. The van der Waals surface area contributed by atoms with Gasteiger partial charge < -0.3 is 10.6 Å². The third-order valence-corrected chi connectivity index (χ3v) is 3.73. The number of amides is 1. The number of hydrogen-bond acceptors (Lipinski definition) is 4. The first kappa shape index (κ1) is 13.8. The number of rotatable bonds is 3. The van der Waals surface area contributed by atoms with Gasteiger partial charge in [-0.1, -0.05) is 0 Å². The molecule has 21 heavy (non-hydrogen) atoms. The molecule has 2 aromatic heterocycles. The summed E-state index contributed by atoms with van der Waals surface area (Å²) >= 11 is 0. The summed E-state index contributed by atoms with van der Waals surface area (Å²) in [5.74, 6) is -0.0658. The van der Waals surface area contributed by atoms with Crippen molar-refractivity contribution in [3.63, 3.8) is 0 Å². The first-order valence-electron chi connectivity index (χ1n) is 7.10. The summed E-state index contributed by atoms with van der Waals surface area (Å²) in [5.41, 5.74) is 3.48. The van der Waals surface area contributed by atoms with Crippen LogP contribution in [0.1, 0.15) is 26.8 Å². The van der Waals surface area contributed by atoms with E-state index >= 15 is 0 Å². The molecule has 1 saturated heterocycles. The summed E-state index contributed by atoms with van der Waals surface area (Å²) in [6, 6.07) is 2.16. The van der Waals surface area contributed by atoms with Gasteiger partial charge in [0.25, 0.3) is 5.91 Å². The number of carbonyl (C=O) groups is 1. The third-order valence-electron chi connectivity index (χ3n) is 3.73. The summed E-state index contributed by atoms with van der Waals surface area (Å²) < 4.78 is 1.87. The van der Waals surface area contributed by atoms with Crippen molar-refractivity contribution in [2.45, 2.75) is 26.8 Å². The lowest BCUT2D eigenvalue weighted by atomic mass is 10.0. The molecule has 0 aromatic carbocycles. The van der Waals surface area contributed by atoms with Crippen LogP contribution in [0.2, 0.25) is 0 Å². The molecule has 0 saturated carbocycles. The van der Waals surface area contributed by atoms with E-state index in [-0.39, 0.29) is 11.9 Å². The van der Waals surface area contributed by atoms with E-state index < -0.39 is 0 Å². The highest BCUT2D eigenvalue weighted by Crippen LogP contribution is 2.20. The van der Waals surface area contributed by atoms with Gasteiger partial charge in [-0.2, -0.15) is 5.10 Å². The number of carbonyl (C=O) groups excluding carboxylic acids is 1. The fourth-order valence-electron chi connectivity index (χ4n) is 2.29. The fourth-order valence-corrected chi connectivity index (χ4v) is 2.29. The molecule has 1 aliphatic rings. The Hall–Kier alpha value is -2.21. The van der Waals surface area contributed by atoms with Gasteiger partial charge in [0.2, 0.25) is 0 Å². The lowest BCUT2D eigenvalue weighted by molar-refractivity contribution is -0.112. The Morgan fingerprint density at radius 3 is 2.76 bits per heavy atom. The molecule has 1 amide bonds. The van der Waals surface area contributed by atoms with E-state index in [1.807, 2.05) is 17.7 Å². The molecule has 0 atom stereocenters.